The summed E-state index contributed by atoms with van der Waals surface area (Å²) in [7, 11) is 0. The van der Waals surface area contributed by atoms with Crippen molar-refractivity contribution in [1.29, 1.82) is 0 Å². The zero-order chi connectivity index (χ0) is 68.2. The maximum atomic E-state index is 15.6. The van der Waals surface area contributed by atoms with Gasteiger partial charge < -0.3 is 40.8 Å². The third kappa shape index (κ3) is 14.9. The summed E-state index contributed by atoms with van der Waals surface area (Å²) < 4.78 is 17.1. The number of carbonyl (C=O) groups excluding carboxylic acids is 10. The monoisotopic (exact) mass is 1410 g/mol. The van der Waals surface area contributed by atoms with Crippen LogP contribution < -0.4 is 26.4 Å². The minimum atomic E-state index is -1.35. The number of hydrogen-bond acceptors (Lipinski definition) is 26. The minimum Gasteiger partial charge on any atom is -0.460 e. The first-order valence-corrected chi connectivity index (χ1v) is 34.6. The van der Waals surface area contributed by atoms with Crippen molar-refractivity contribution in [2.24, 2.45) is 11.7 Å². The molecule has 0 aliphatic carbocycles. The molecule has 9 heterocycles. The number of amides is 7. The number of nitrogens with zero attached hydrogens (tertiary/aromatic N) is 9. The van der Waals surface area contributed by atoms with Crippen LogP contribution >= 0.6 is 68.0 Å². The van der Waals surface area contributed by atoms with Gasteiger partial charge in [0.2, 0.25) is 17.7 Å². The normalized spacial score (nSPS) is 18.4. The molecule has 1 fully saturated rings. The zero-order valence-electron chi connectivity index (χ0n) is 51.8. The summed E-state index contributed by atoms with van der Waals surface area (Å²) in [6.45, 7) is 11.9. The van der Waals surface area contributed by atoms with Crippen molar-refractivity contribution < 1.29 is 62.2 Å². The number of rotatable bonds is 13. The number of esters is 3. The van der Waals surface area contributed by atoms with Gasteiger partial charge in [0.15, 0.2) is 6.10 Å². The van der Waals surface area contributed by atoms with Crippen LogP contribution in [0, 0.1) is 12.8 Å². The molecule has 5 N–H and O–H groups in total. The maximum Gasteiger partial charge on any atom is 0.308 e. The molecular weight excluding hydrogens is 1350 g/mol. The van der Waals surface area contributed by atoms with Gasteiger partial charge in [0.25, 0.3) is 23.6 Å². The molecule has 1 saturated heterocycles. The molecule has 492 valence electrons. The Kier molecular flexibility index (Phi) is 20.3. The van der Waals surface area contributed by atoms with Crippen molar-refractivity contribution in [3.8, 4) is 49.1 Å². The van der Waals surface area contributed by atoms with E-state index in [4.69, 9.17) is 44.9 Å². The molecule has 2 aliphatic rings. The zero-order valence-corrected chi connectivity index (χ0v) is 56.6. The summed E-state index contributed by atoms with van der Waals surface area (Å²) in [6.07, 6.45) is -1.21. The molecule has 0 spiro atoms. The van der Waals surface area contributed by atoms with Gasteiger partial charge in [0, 0.05) is 83.9 Å². The summed E-state index contributed by atoms with van der Waals surface area (Å²) in [5, 5.41) is 18.4. The third-order valence-corrected chi connectivity index (χ3v) is 20.7. The average Bonchev–Trinajstić information content (AvgIpc) is 1.61. The highest BCUT2D eigenvalue weighted by molar-refractivity contribution is 7.15. The Balaban J connectivity index is 1.04. The van der Waals surface area contributed by atoms with Crippen molar-refractivity contribution in [1.82, 2.24) is 60.6 Å². The standard InChI is InChI=1S/C64H57N13O13S6/c1-8-20-76(31(4)78)64(87)46-28-93-58(73-46)39-19-18-38-50(66-39)42-24-92-59(69-42)45-27-95-62(72-45)52-29(2)47(89-33(6)80)23-77(52)63(86)41(21-35-14-16-37(17-15-35)88-32(5)79)68-55(84)44-26-94-61(71-44)51(53(90-34(7)81)36-12-10-9-11-13-36)74-56(85)49-30(3)96-60(75-49)40(22-48(65)82)67-54(83)43-25-91-57(38)70-43/h8-19,24-29,40-41,47,51-53H,1,20-23H2,2-7H3,(H2,65,82)(H,67,83)(H,68,84)(H,74,85)/t29-,40-,41-,47-,51-,52-,53+/m0/s1. The molecule has 0 unspecified atom stereocenters. The van der Waals surface area contributed by atoms with E-state index in [0.29, 0.717) is 58.7 Å². The number of aromatic nitrogens is 7. The van der Waals surface area contributed by atoms with E-state index in [1.807, 2.05) is 6.92 Å². The van der Waals surface area contributed by atoms with Crippen LogP contribution in [0.4, 0.5) is 0 Å². The summed E-state index contributed by atoms with van der Waals surface area (Å²) in [4.78, 5) is 173. The molecule has 2 aromatic carbocycles. The fourth-order valence-corrected chi connectivity index (χ4v) is 16.1. The van der Waals surface area contributed by atoms with Gasteiger partial charge in [0.1, 0.15) is 93.8 Å². The number of pyridine rings is 1. The number of fused-ring (bicyclic) bond motifs is 16. The fraction of sp³-hybridized carbons (Fsp3) is 0.266. The second-order valence-electron chi connectivity index (χ2n) is 22.0. The van der Waals surface area contributed by atoms with E-state index in [-0.39, 0.29) is 63.7 Å². The lowest BCUT2D eigenvalue weighted by Crippen LogP contribution is -2.50. The van der Waals surface area contributed by atoms with E-state index >= 15 is 4.79 Å². The lowest BCUT2D eigenvalue weighted by Gasteiger charge is -2.29. The van der Waals surface area contributed by atoms with Crippen molar-refractivity contribution >= 4 is 127 Å². The predicted octanol–water partition coefficient (Wildman–Crippen LogP) is 8.82. The van der Waals surface area contributed by atoms with Gasteiger partial charge >= 0.3 is 17.9 Å². The second kappa shape index (κ2) is 28.9. The van der Waals surface area contributed by atoms with Crippen LogP contribution in [-0.4, -0.2) is 129 Å². The highest BCUT2D eigenvalue weighted by Gasteiger charge is 2.48. The number of hydrogen-bond donors (Lipinski definition) is 4. The van der Waals surface area contributed by atoms with Crippen molar-refractivity contribution in [3.63, 3.8) is 0 Å². The van der Waals surface area contributed by atoms with Crippen LogP contribution in [-0.2, 0) is 44.7 Å². The average molecular weight is 1410 g/mol. The van der Waals surface area contributed by atoms with Crippen LogP contribution in [0.25, 0.3) is 43.4 Å². The van der Waals surface area contributed by atoms with Gasteiger partial charge in [-0.25, -0.2) is 34.9 Å². The predicted molar refractivity (Wildman–Crippen MR) is 357 cm³/mol. The Hall–Kier alpha value is -9.99. The number of imide groups is 1. The van der Waals surface area contributed by atoms with E-state index in [0.717, 1.165) is 50.2 Å². The van der Waals surface area contributed by atoms with Crippen LogP contribution in [0.3, 0.4) is 0 Å². The summed E-state index contributed by atoms with van der Waals surface area (Å²) in [6, 6.07) is 13.6. The van der Waals surface area contributed by atoms with Gasteiger partial charge in [-0.2, -0.15) is 0 Å². The molecule has 7 amide bonds. The fourth-order valence-electron chi connectivity index (χ4n) is 10.8. The lowest BCUT2D eigenvalue weighted by molar-refractivity contribution is -0.149. The molecule has 26 nitrogen and oxygen atoms in total. The molecule has 9 aromatic rings. The van der Waals surface area contributed by atoms with E-state index < -0.39 is 108 Å². The van der Waals surface area contributed by atoms with Gasteiger partial charge in [-0.15, -0.1) is 74.6 Å². The Labute approximate surface area is 571 Å². The largest absolute Gasteiger partial charge is 0.460 e. The molecule has 11 rings (SSSR count). The molecule has 96 heavy (non-hydrogen) atoms. The smallest absolute Gasteiger partial charge is 0.308 e. The van der Waals surface area contributed by atoms with Crippen molar-refractivity contribution in [2.45, 2.75) is 90.8 Å². The topological polar surface area (TPSA) is 357 Å². The number of nitrogens with one attached hydrogen (secondary N) is 3. The highest BCUT2D eigenvalue weighted by Crippen LogP contribution is 2.44. The molecular formula is C64H57N13O13S6. The number of carbonyl (C=O) groups is 10. The Morgan fingerprint density at radius 3 is 2.01 bits per heavy atom. The number of ether oxygens (including phenoxy) is 3. The Bertz CT molecular complexity index is 4540. The van der Waals surface area contributed by atoms with Crippen LogP contribution in [0.2, 0.25) is 0 Å². The number of primary amides is 1. The number of nitrogens with two attached hydrogens (primary N) is 1. The number of thiazole rings is 6. The second-order valence-corrected chi connectivity index (χ2v) is 27.6. The first-order valence-electron chi connectivity index (χ1n) is 29.4. The van der Waals surface area contributed by atoms with Crippen molar-refractivity contribution in [2.75, 3.05) is 13.1 Å². The van der Waals surface area contributed by atoms with E-state index in [1.165, 1.54) is 77.5 Å². The van der Waals surface area contributed by atoms with E-state index in [9.17, 15) is 43.2 Å². The van der Waals surface area contributed by atoms with Crippen LogP contribution in [0.5, 0.6) is 5.75 Å². The quantitative estimate of drug-likeness (QED) is 0.0475. The van der Waals surface area contributed by atoms with Gasteiger partial charge in [-0.3, -0.25) is 52.8 Å². The van der Waals surface area contributed by atoms with E-state index in [1.54, 1.807) is 84.4 Å². The third-order valence-electron chi connectivity index (χ3n) is 15.2. The lowest BCUT2D eigenvalue weighted by atomic mass is 10.00. The summed E-state index contributed by atoms with van der Waals surface area (Å²) in [5.74, 6) is -7.02. The number of aryl methyl sites for hydroxylation is 1. The highest BCUT2D eigenvalue weighted by atomic mass is 32.1. The minimum absolute atomic E-state index is 0.00106. The molecule has 7 atom stereocenters. The molecule has 0 saturated carbocycles. The van der Waals surface area contributed by atoms with Crippen LogP contribution in [0.1, 0.15) is 138 Å². The Morgan fingerprint density at radius 2 is 1.31 bits per heavy atom. The van der Waals surface area contributed by atoms with Crippen LogP contribution in [0.15, 0.2) is 106 Å². The number of benzene rings is 2. The first kappa shape index (κ1) is 67.4. The SMILES string of the molecule is C=CCN(C(C)=O)C(=O)c1csc(-c2ccc3c(n2)-c2csc(n2)-c2csc(n2)[C@@H]2[C@@H](C)[C@@H](OC(C)=O)CN2C(=O)[C@H](Cc2ccc(OC(C)=O)cc2)NC(=O)c2csc(n2)[C@H]([C@H](OC(C)=O)c2ccccc2)NC(=O)c2nc(sc2C)[C@H](CC(N)=O)NC(=O)c2csc-3n2)n1. The molecule has 2 aliphatic heterocycles. The van der Waals surface area contributed by atoms with Crippen molar-refractivity contribution in [3.05, 3.63) is 160 Å². The molecule has 32 heteroatoms. The molecule has 10 bridgehead atoms. The van der Waals surface area contributed by atoms with E-state index in [2.05, 4.69) is 32.5 Å². The first-order chi connectivity index (χ1) is 46.0. The molecule has 0 radical (unpaired) electrons. The van der Waals surface area contributed by atoms with Gasteiger partial charge in [-0.05, 0) is 42.3 Å². The van der Waals surface area contributed by atoms with Gasteiger partial charge in [0.05, 0.1) is 30.7 Å². The summed E-state index contributed by atoms with van der Waals surface area (Å²) in [5.41, 5.74) is 8.18. The molecule has 7 aromatic heterocycles. The summed E-state index contributed by atoms with van der Waals surface area (Å²) >= 11 is 6.66. The maximum absolute atomic E-state index is 15.6. The van der Waals surface area contributed by atoms with Gasteiger partial charge in [-0.1, -0.05) is 55.5 Å². The Morgan fingerprint density at radius 1 is 0.667 bits per heavy atom.